The van der Waals surface area contributed by atoms with Crippen LogP contribution in [0, 0.1) is 21.3 Å². The normalized spacial score (nSPS) is 11.2. The molecule has 0 heterocycles. The Balaban J connectivity index is 2.80. The van der Waals surface area contributed by atoms with Crippen molar-refractivity contribution in [3.05, 3.63) is 39.7 Å². The minimum Gasteiger partial charge on any atom is -0.351 e. The van der Waals surface area contributed by atoms with Crippen LogP contribution in [0.5, 0.6) is 0 Å². The van der Waals surface area contributed by atoms with Gasteiger partial charge in [-0.2, -0.15) is 0 Å². The number of carbonyl (C=O) groups excluding carboxylic acids is 1. The molecule has 1 rings (SSSR count). The van der Waals surface area contributed by atoms with E-state index in [1.807, 2.05) is 13.8 Å². The van der Waals surface area contributed by atoms with Crippen LogP contribution in [0.4, 0.5) is 10.1 Å². The molecule has 0 atom stereocenters. The molecule has 0 aliphatic heterocycles. The molecule has 0 aromatic heterocycles. The zero-order chi connectivity index (χ0) is 16.0. The van der Waals surface area contributed by atoms with Crippen LogP contribution in [0.1, 0.15) is 37.0 Å². The second-order valence-electron chi connectivity index (χ2n) is 5.56. The molecule has 0 saturated carbocycles. The van der Waals surface area contributed by atoms with Crippen LogP contribution < -0.4 is 5.32 Å². The van der Waals surface area contributed by atoms with Gasteiger partial charge in [-0.15, -0.1) is 0 Å². The van der Waals surface area contributed by atoms with Crippen molar-refractivity contribution in [3.8, 4) is 0 Å². The first-order valence-electron chi connectivity index (χ1n) is 6.55. The highest BCUT2D eigenvalue weighted by molar-refractivity contribution is 9.09. The van der Waals surface area contributed by atoms with Crippen LogP contribution in [0.3, 0.4) is 0 Å². The molecule has 5 nitrogen and oxygen atoms in total. The number of amides is 1. The number of alkyl halides is 1. The molecule has 21 heavy (non-hydrogen) atoms. The van der Waals surface area contributed by atoms with E-state index < -0.39 is 22.3 Å². The van der Waals surface area contributed by atoms with E-state index in [2.05, 4.69) is 21.2 Å². The molecule has 0 saturated heterocycles. The minimum atomic E-state index is -0.690. The van der Waals surface area contributed by atoms with Gasteiger partial charge in [-0.1, -0.05) is 29.8 Å². The minimum absolute atomic E-state index is 0.133. The van der Waals surface area contributed by atoms with Crippen molar-refractivity contribution < 1.29 is 14.1 Å². The summed E-state index contributed by atoms with van der Waals surface area (Å²) in [5.41, 5.74) is -0.783. The number of carbonyl (C=O) groups is 1. The summed E-state index contributed by atoms with van der Waals surface area (Å²) in [5.74, 6) is -1.31. The molecule has 0 spiro atoms. The highest BCUT2D eigenvalue weighted by atomic mass is 79.9. The molecule has 7 heteroatoms. The lowest BCUT2D eigenvalue weighted by atomic mass is 9.88. The Morgan fingerprint density at radius 1 is 1.48 bits per heavy atom. The third-order valence-electron chi connectivity index (χ3n) is 3.11. The first-order valence-corrected chi connectivity index (χ1v) is 7.67. The van der Waals surface area contributed by atoms with Crippen LogP contribution in [0.25, 0.3) is 0 Å². The number of nitrogens with zero attached hydrogens (tertiary/aromatic N) is 1. The van der Waals surface area contributed by atoms with Crippen molar-refractivity contribution in [1.29, 1.82) is 0 Å². The summed E-state index contributed by atoms with van der Waals surface area (Å²) in [6.07, 6.45) is 1.85. The van der Waals surface area contributed by atoms with Crippen LogP contribution in [0.15, 0.2) is 18.2 Å². The molecule has 0 bridgehead atoms. The first-order chi connectivity index (χ1) is 9.76. The average Bonchev–Trinajstić information content (AvgIpc) is 2.42. The van der Waals surface area contributed by atoms with Gasteiger partial charge in [-0.25, -0.2) is 4.39 Å². The predicted molar refractivity (Wildman–Crippen MR) is 82.2 cm³/mol. The van der Waals surface area contributed by atoms with E-state index >= 15 is 0 Å². The summed E-state index contributed by atoms with van der Waals surface area (Å²) in [6.45, 7) is 4.36. The van der Waals surface area contributed by atoms with E-state index in [0.29, 0.717) is 6.54 Å². The number of nitro groups is 1. The number of benzene rings is 1. The highest BCUT2D eigenvalue weighted by Gasteiger charge is 2.23. The molecule has 1 aromatic carbocycles. The van der Waals surface area contributed by atoms with Gasteiger partial charge < -0.3 is 5.32 Å². The summed E-state index contributed by atoms with van der Waals surface area (Å²) in [5, 5.41) is 14.4. The van der Waals surface area contributed by atoms with E-state index in [1.165, 1.54) is 0 Å². The van der Waals surface area contributed by atoms with Gasteiger partial charge in [-0.3, -0.25) is 14.9 Å². The molecule has 1 N–H and O–H groups in total. The third-order valence-corrected chi connectivity index (χ3v) is 3.68. The van der Waals surface area contributed by atoms with Crippen molar-refractivity contribution in [1.82, 2.24) is 5.32 Å². The second kappa shape index (κ2) is 7.49. The number of hydrogen-bond acceptors (Lipinski definition) is 3. The van der Waals surface area contributed by atoms with Crippen molar-refractivity contribution in [3.63, 3.8) is 0 Å². The molecule has 0 unspecified atom stereocenters. The fourth-order valence-corrected chi connectivity index (χ4v) is 2.18. The van der Waals surface area contributed by atoms with Crippen molar-refractivity contribution >= 4 is 27.5 Å². The van der Waals surface area contributed by atoms with E-state index in [9.17, 15) is 19.3 Å². The summed E-state index contributed by atoms with van der Waals surface area (Å²) in [6, 6.07) is 2.86. The maximum atomic E-state index is 13.2. The van der Waals surface area contributed by atoms with Gasteiger partial charge in [0.05, 0.1) is 4.92 Å². The Bertz CT molecular complexity index is 535. The van der Waals surface area contributed by atoms with E-state index in [0.717, 1.165) is 36.4 Å². The van der Waals surface area contributed by atoms with Crippen LogP contribution in [-0.4, -0.2) is 22.7 Å². The van der Waals surface area contributed by atoms with Gasteiger partial charge in [0.15, 0.2) is 0 Å². The van der Waals surface area contributed by atoms with Crippen molar-refractivity contribution in [2.24, 2.45) is 5.41 Å². The molecule has 0 fully saturated rings. The molecule has 116 valence electrons. The number of nitrogens with one attached hydrogen (secondary N) is 1. The predicted octanol–water partition coefficient (Wildman–Crippen LogP) is 3.67. The lowest BCUT2D eigenvalue weighted by Crippen LogP contribution is -2.34. The number of nitro benzene ring substituents is 1. The molecule has 0 radical (unpaired) electrons. The maximum absolute atomic E-state index is 13.2. The topological polar surface area (TPSA) is 72.2 Å². The molecule has 0 aliphatic rings. The van der Waals surface area contributed by atoms with E-state index in [4.69, 9.17) is 0 Å². The zero-order valence-corrected chi connectivity index (χ0v) is 13.6. The number of halogens is 2. The van der Waals surface area contributed by atoms with Gasteiger partial charge in [0, 0.05) is 17.9 Å². The van der Waals surface area contributed by atoms with Crippen LogP contribution >= 0.6 is 15.9 Å². The standard InChI is InChI=1S/C14H18BrFN2O3/c1-14(2,6-3-7-15)9-17-13(19)11-8-10(16)4-5-12(11)18(20)21/h4-5,8H,3,6-7,9H2,1-2H3,(H,17,19). The quantitative estimate of drug-likeness (QED) is 0.458. The second-order valence-corrected chi connectivity index (χ2v) is 6.35. The third kappa shape index (κ3) is 5.41. The fourth-order valence-electron chi connectivity index (χ4n) is 1.90. The van der Waals surface area contributed by atoms with E-state index in [-0.39, 0.29) is 11.0 Å². The summed E-state index contributed by atoms with van der Waals surface area (Å²) >= 11 is 3.35. The average molecular weight is 361 g/mol. The van der Waals surface area contributed by atoms with Crippen LogP contribution in [0.2, 0.25) is 0 Å². The lowest BCUT2D eigenvalue weighted by molar-refractivity contribution is -0.385. The Morgan fingerprint density at radius 2 is 2.14 bits per heavy atom. The van der Waals surface area contributed by atoms with Gasteiger partial charge in [-0.05, 0) is 30.4 Å². The number of hydrogen-bond donors (Lipinski definition) is 1. The SMILES string of the molecule is CC(C)(CCCBr)CNC(=O)c1cc(F)ccc1[N+](=O)[O-]. The van der Waals surface area contributed by atoms with Crippen molar-refractivity contribution in [2.45, 2.75) is 26.7 Å². The molecule has 0 aliphatic carbocycles. The Morgan fingerprint density at radius 3 is 2.71 bits per heavy atom. The van der Waals surface area contributed by atoms with Gasteiger partial charge in [0.2, 0.25) is 0 Å². The lowest BCUT2D eigenvalue weighted by Gasteiger charge is -2.24. The number of rotatable bonds is 7. The fraction of sp³-hybridized carbons (Fsp3) is 0.500. The highest BCUT2D eigenvalue weighted by Crippen LogP contribution is 2.23. The van der Waals surface area contributed by atoms with Gasteiger partial charge in [0.25, 0.3) is 11.6 Å². The summed E-state index contributed by atoms with van der Waals surface area (Å²) < 4.78 is 13.2. The largest absolute Gasteiger partial charge is 0.351 e. The monoisotopic (exact) mass is 360 g/mol. The Kier molecular flexibility index (Phi) is 6.26. The van der Waals surface area contributed by atoms with Crippen LogP contribution in [-0.2, 0) is 0 Å². The summed E-state index contributed by atoms with van der Waals surface area (Å²) in [7, 11) is 0. The van der Waals surface area contributed by atoms with E-state index in [1.54, 1.807) is 0 Å². The smallest absolute Gasteiger partial charge is 0.282 e. The molecule has 1 aromatic rings. The molecular formula is C14H18BrFN2O3. The summed E-state index contributed by atoms with van der Waals surface area (Å²) in [4.78, 5) is 22.2. The zero-order valence-electron chi connectivity index (χ0n) is 12.0. The Hall–Kier alpha value is -1.50. The first kappa shape index (κ1) is 17.6. The van der Waals surface area contributed by atoms with Gasteiger partial charge in [0.1, 0.15) is 11.4 Å². The molecule has 1 amide bonds. The molecular weight excluding hydrogens is 343 g/mol. The Labute approximate surface area is 131 Å². The maximum Gasteiger partial charge on any atom is 0.282 e. The van der Waals surface area contributed by atoms with Gasteiger partial charge >= 0.3 is 0 Å². The van der Waals surface area contributed by atoms with Crippen molar-refractivity contribution in [2.75, 3.05) is 11.9 Å².